The van der Waals surface area contributed by atoms with E-state index in [0.29, 0.717) is 6.04 Å². The van der Waals surface area contributed by atoms with E-state index in [1.54, 1.807) is 0 Å². The zero-order chi connectivity index (χ0) is 14.5. The van der Waals surface area contributed by atoms with E-state index in [-0.39, 0.29) is 11.9 Å². The number of carbonyl (C=O) groups is 1. The van der Waals surface area contributed by atoms with Gasteiger partial charge < -0.3 is 16.0 Å². The Balaban J connectivity index is 2.57. The molecule has 1 fully saturated rings. The topological polar surface area (TPSA) is 58.4 Å². The highest BCUT2D eigenvalue weighted by molar-refractivity contribution is 5.84. The summed E-state index contributed by atoms with van der Waals surface area (Å²) in [6.45, 7) is 10.4. The van der Waals surface area contributed by atoms with Crippen molar-refractivity contribution in [2.75, 3.05) is 13.1 Å². The molecule has 1 amide bonds. The second-order valence-electron chi connectivity index (χ2n) is 6.34. The molecule has 0 radical (unpaired) electrons. The highest BCUT2D eigenvalue weighted by atomic mass is 16.1. The van der Waals surface area contributed by atoms with Crippen molar-refractivity contribution in [3.8, 4) is 0 Å². The lowest BCUT2D eigenvalue weighted by Crippen LogP contribution is -2.57. The van der Waals surface area contributed by atoms with E-state index >= 15 is 0 Å². The van der Waals surface area contributed by atoms with Gasteiger partial charge in [-0.25, -0.2) is 0 Å². The molecule has 1 heterocycles. The average Bonchev–Trinajstić information content (AvgIpc) is 2.35. The molecule has 4 heteroatoms. The molecule has 1 aliphatic rings. The van der Waals surface area contributed by atoms with Gasteiger partial charge in [0.25, 0.3) is 0 Å². The summed E-state index contributed by atoms with van der Waals surface area (Å²) in [5, 5.41) is 3.33. The van der Waals surface area contributed by atoms with E-state index in [4.69, 9.17) is 5.73 Å². The van der Waals surface area contributed by atoms with Crippen LogP contribution in [0.4, 0.5) is 0 Å². The Hall–Kier alpha value is -0.610. The number of rotatable bonds is 7. The molecule has 0 aliphatic carbocycles. The first kappa shape index (κ1) is 16.4. The first-order valence-corrected chi connectivity index (χ1v) is 7.70. The highest BCUT2D eigenvalue weighted by Crippen LogP contribution is 2.21. The van der Waals surface area contributed by atoms with E-state index in [9.17, 15) is 4.79 Å². The molecule has 2 unspecified atom stereocenters. The molecular weight excluding hydrogens is 238 g/mol. The summed E-state index contributed by atoms with van der Waals surface area (Å²) in [7, 11) is 0. The maximum atomic E-state index is 11.7. The quantitative estimate of drug-likeness (QED) is 0.742. The molecule has 112 valence electrons. The second kappa shape index (κ2) is 7.25. The summed E-state index contributed by atoms with van der Waals surface area (Å²) in [6, 6.07) is 0.950. The van der Waals surface area contributed by atoms with Crippen LogP contribution in [-0.2, 0) is 4.79 Å². The molecule has 19 heavy (non-hydrogen) atoms. The molecule has 1 aliphatic heterocycles. The van der Waals surface area contributed by atoms with Crippen molar-refractivity contribution in [2.45, 2.75) is 77.4 Å². The Morgan fingerprint density at radius 1 is 1.47 bits per heavy atom. The zero-order valence-electron chi connectivity index (χ0n) is 13.0. The number of nitrogens with two attached hydrogens (primary N) is 1. The van der Waals surface area contributed by atoms with Gasteiger partial charge in [0.2, 0.25) is 5.91 Å². The van der Waals surface area contributed by atoms with Crippen LogP contribution in [0.5, 0.6) is 0 Å². The fourth-order valence-electron chi connectivity index (χ4n) is 3.09. The lowest BCUT2D eigenvalue weighted by Gasteiger charge is -2.38. The number of piperidine rings is 1. The number of nitrogens with zero attached hydrogens (tertiary/aromatic N) is 1. The Kier molecular flexibility index (Phi) is 6.27. The first-order chi connectivity index (χ1) is 8.89. The molecule has 0 bridgehead atoms. The third-order valence-corrected chi connectivity index (χ3v) is 4.27. The number of carbonyl (C=O) groups excluding carboxylic acids is 1. The van der Waals surface area contributed by atoms with E-state index < -0.39 is 5.54 Å². The van der Waals surface area contributed by atoms with Crippen molar-refractivity contribution in [3.63, 3.8) is 0 Å². The molecule has 1 saturated heterocycles. The van der Waals surface area contributed by atoms with Crippen molar-refractivity contribution in [2.24, 2.45) is 5.73 Å². The largest absolute Gasteiger partial charge is 0.368 e. The summed E-state index contributed by atoms with van der Waals surface area (Å²) >= 11 is 0. The summed E-state index contributed by atoms with van der Waals surface area (Å²) in [6.07, 6.45) is 5.90. The van der Waals surface area contributed by atoms with Crippen LogP contribution in [0.3, 0.4) is 0 Å². The molecule has 0 aromatic rings. The highest BCUT2D eigenvalue weighted by Gasteiger charge is 2.32. The van der Waals surface area contributed by atoms with Crippen LogP contribution in [0.25, 0.3) is 0 Å². The van der Waals surface area contributed by atoms with Gasteiger partial charge in [0, 0.05) is 18.6 Å². The van der Waals surface area contributed by atoms with Crippen LogP contribution in [0, 0.1) is 0 Å². The zero-order valence-corrected chi connectivity index (χ0v) is 13.0. The van der Waals surface area contributed by atoms with Gasteiger partial charge >= 0.3 is 0 Å². The van der Waals surface area contributed by atoms with E-state index in [0.717, 1.165) is 19.5 Å². The van der Waals surface area contributed by atoms with E-state index in [1.807, 2.05) is 6.92 Å². The number of primary amides is 1. The van der Waals surface area contributed by atoms with Crippen molar-refractivity contribution >= 4 is 5.91 Å². The molecule has 4 nitrogen and oxygen atoms in total. The fraction of sp³-hybridized carbons (Fsp3) is 0.933. The summed E-state index contributed by atoms with van der Waals surface area (Å²) in [4.78, 5) is 14.3. The number of likely N-dealkylation sites (tertiary alicyclic amines) is 1. The van der Waals surface area contributed by atoms with Crippen molar-refractivity contribution in [3.05, 3.63) is 0 Å². The molecule has 0 aromatic heterocycles. The van der Waals surface area contributed by atoms with Crippen LogP contribution < -0.4 is 11.1 Å². The van der Waals surface area contributed by atoms with Gasteiger partial charge in [0.05, 0.1) is 5.54 Å². The normalized spacial score (nSPS) is 24.4. The Morgan fingerprint density at radius 2 is 2.16 bits per heavy atom. The van der Waals surface area contributed by atoms with Crippen LogP contribution in [0.15, 0.2) is 0 Å². The third-order valence-electron chi connectivity index (χ3n) is 4.27. The number of amides is 1. The van der Waals surface area contributed by atoms with E-state index in [2.05, 4.69) is 31.0 Å². The van der Waals surface area contributed by atoms with Crippen molar-refractivity contribution in [1.29, 1.82) is 0 Å². The Morgan fingerprint density at radius 3 is 2.68 bits per heavy atom. The monoisotopic (exact) mass is 269 g/mol. The van der Waals surface area contributed by atoms with Gasteiger partial charge in [0.1, 0.15) is 0 Å². The molecule has 0 saturated carbocycles. The number of hydrogen-bond acceptors (Lipinski definition) is 3. The average molecular weight is 269 g/mol. The van der Waals surface area contributed by atoms with E-state index in [1.165, 1.54) is 25.7 Å². The van der Waals surface area contributed by atoms with Crippen molar-refractivity contribution < 1.29 is 4.79 Å². The van der Waals surface area contributed by atoms with Gasteiger partial charge in [-0.05, 0) is 53.0 Å². The maximum absolute atomic E-state index is 11.7. The number of hydrogen-bond donors (Lipinski definition) is 2. The van der Waals surface area contributed by atoms with Crippen LogP contribution in [-0.4, -0.2) is 41.5 Å². The second-order valence-corrected chi connectivity index (χ2v) is 6.34. The Labute approximate surface area is 118 Å². The maximum Gasteiger partial charge on any atom is 0.237 e. The van der Waals surface area contributed by atoms with Gasteiger partial charge in [-0.15, -0.1) is 0 Å². The number of nitrogens with one attached hydrogen (secondary N) is 1. The lowest BCUT2D eigenvalue weighted by molar-refractivity contribution is -0.124. The smallest absolute Gasteiger partial charge is 0.237 e. The Bertz CT molecular complexity index is 293. The van der Waals surface area contributed by atoms with Crippen LogP contribution in [0.2, 0.25) is 0 Å². The van der Waals surface area contributed by atoms with Crippen molar-refractivity contribution in [1.82, 2.24) is 10.2 Å². The minimum atomic E-state index is -0.593. The molecule has 1 rings (SSSR count). The first-order valence-electron chi connectivity index (χ1n) is 7.70. The SMILES string of the molecule is CCC1CCCCN1CCC(C)(NC(C)C)C(N)=O. The third kappa shape index (κ3) is 4.77. The van der Waals surface area contributed by atoms with Gasteiger partial charge in [-0.1, -0.05) is 13.3 Å². The standard InChI is InChI=1S/C15H31N3O/c1-5-13-8-6-7-10-18(13)11-9-15(4,14(16)19)17-12(2)3/h12-13,17H,5-11H2,1-4H3,(H2,16,19). The predicted octanol–water partition coefficient (Wildman–Crippen LogP) is 1.88. The molecule has 0 spiro atoms. The molecule has 0 aromatic carbocycles. The minimum Gasteiger partial charge on any atom is -0.368 e. The summed E-state index contributed by atoms with van der Waals surface area (Å²) in [5.41, 5.74) is 4.99. The predicted molar refractivity (Wildman–Crippen MR) is 80.0 cm³/mol. The molecule has 2 atom stereocenters. The van der Waals surface area contributed by atoms with Gasteiger partial charge in [-0.3, -0.25) is 4.79 Å². The molecular formula is C15H31N3O. The summed E-state index contributed by atoms with van der Waals surface area (Å²) in [5.74, 6) is -0.244. The fourth-order valence-corrected chi connectivity index (χ4v) is 3.09. The molecule has 3 N–H and O–H groups in total. The lowest BCUT2D eigenvalue weighted by atomic mass is 9.93. The summed E-state index contributed by atoms with van der Waals surface area (Å²) < 4.78 is 0. The minimum absolute atomic E-state index is 0.244. The van der Waals surface area contributed by atoms with Gasteiger partial charge in [-0.2, -0.15) is 0 Å². The van der Waals surface area contributed by atoms with Gasteiger partial charge in [0.15, 0.2) is 0 Å². The van der Waals surface area contributed by atoms with Crippen LogP contribution >= 0.6 is 0 Å². The van der Waals surface area contributed by atoms with Crippen LogP contribution in [0.1, 0.15) is 59.8 Å².